The Morgan fingerprint density at radius 2 is 1.96 bits per heavy atom. The van der Waals surface area contributed by atoms with Gasteiger partial charge in [0.1, 0.15) is 0 Å². The maximum absolute atomic E-state index is 11.7. The van der Waals surface area contributed by atoms with Crippen molar-refractivity contribution in [1.29, 1.82) is 0 Å². The number of hydrogen-bond acceptors (Lipinski definition) is 5. The van der Waals surface area contributed by atoms with Crippen LogP contribution in [0.15, 0.2) is 11.1 Å². The van der Waals surface area contributed by atoms with Gasteiger partial charge >= 0.3 is 7.60 Å². The summed E-state index contributed by atoms with van der Waals surface area (Å²) in [6, 6.07) is 0. The lowest BCUT2D eigenvalue weighted by Crippen LogP contribution is -2.12. The van der Waals surface area contributed by atoms with Gasteiger partial charge < -0.3 is 20.1 Å². The molecule has 0 amide bonds. The van der Waals surface area contributed by atoms with E-state index < -0.39 is 7.60 Å². The average molecular weight is 375 g/mol. The van der Waals surface area contributed by atoms with E-state index in [2.05, 4.69) is 15.0 Å². The Labute approximate surface area is 141 Å². The lowest BCUT2D eigenvalue weighted by atomic mass is 10.1. The molecule has 0 fully saturated rings. The minimum atomic E-state index is -3.82. The van der Waals surface area contributed by atoms with Crippen LogP contribution in [0.3, 0.4) is 0 Å². The van der Waals surface area contributed by atoms with Crippen LogP contribution in [0.5, 0.6) is 0 Å². The number of nitrogens with one attached hydrogen (secondary N) is 1. The highest BCUT2D eigenvalue weighted by atomic mass is 31.2. The molecule has 2 aromatic rings. The standard InChI is InChI=1S/C13H23N5O4P2/c14-13-16-11-10(12(19)17-13)15-8-18(11)6-4-2-1-3-5-7-23-9-24(20,21)22/h8,23H,1-7,9H2,(H2,20,21,22)(H3,14,16,17,19). The van der Waals surface area contributed by atoms with Crippen LogP contribution >= 0.6 is 16.2 Å². The number of imidazole rings is 1. The van der Waals surface area contributed by atoms with Crippen molar-refractivity contribution in [1.82, 2.24) is 19.5 Å². The van der Waals surface area contributed by atoms with Gasteiger partial charge in [0.05, 0.1) is 12.2 Å². The molecule has 0 spiro atoms. The van der Waals surface area contributed by atoms with Crippen LogP contribution in [0.2, 0.25) is 0 Å². The van der Waals surface area contributed by atoms with Crippen molar-refractivity contribution in [2.24, 2.45) is 0 Å². The van der Waals surface area contributed by atoms with Crippen molar-refractivity contribution in [2.45, 2.75) is 38.6 Å². The van der Waals surface area contributed by atoms with Crippen molar-refractivity contribution >= 4 is 33.3 Å². The first-order chi connectivity index (χ1) is 11.4. The van der Waals surface area contributed by atoms with Crippen LogP contribution in [0.25, 0.3) is 11.2 Å². The number of aromatic nitrogens is 4. The molecule has 0 aromatic carbocycles. The van der Waals surface area contributed by atoms with E-state index in [1.807, 2.05) is 4.57 Å². The zero-order valence-electron chi connectivity index (χ0n) is 13.3. The summed E-state index contributed by atoms with van der Waals surface area (Å²) in [6.07, 6.45) is 7.61. The fraction of sp³-hybridized carbons (Fsp3) is 0.615. The molecule has 134 valence electrons. The molecule has 2 rings (SSSR count). The van der Waals surface area contributed by atoms with E-state index in [4.69, 9.17) is 15.5 Å². The lowest BCUT2D eigenvalue weighted by molar-refractivity contribution is 0.379. The molecule has 11 heteroatoms. The third-order valence-corrected chi connectivity index (χ3v) is 6.81. The average Bonchev–Trinajstić information content (AvgIpc) is 2.87. The SMILES string of the molecule is Nc1nc2c(ncn2CCCCCCCPCP(=O)(O)O)c(=O)[nH]1. The molecule has 5 N–H and O–H groups in total. The molecule has 0 bridgehead atoms. The van der Waals surface area contributed by atoms with Gasteiger partial charge in [0, 0.05) is 6.54 Å². The van der Waals surface area contributed by atoms with Crippen LogP contribution in [0.4, 0.5) is 5.95 Å². The van der Waals surface area contributed by atoms with Gasteiger partial charge in [-0.1, -0.05) is 19.3 Å². The summed E-state index contributed by atoms with van der Waals surface area (Å²) >= 11 is 0. The first kappa shape index (κ1) is 19.1. The first-order valence-electron chi connectivity index (χ1n) is 7.83. The van der Waals surface area contributed by atoms with Crippen LogP contribution in [-0.4, -0.2) is 41.4 Å². The van der Waals surface area contributed by atoms with E-state index in [9.17, 15) is 9.36 Å². The van der Waals surface area contributed by atoms with E-state index in [1.165, 1.54) is 0 Å². The molecule has 0 saturated heterocycles. The molecular weight excluding hydrogens is 352 g/mol. The number of aryl methyl sites for hydroxylation is 1. The van der Waals surface area contributed by atoms with Crippen molar-refractivity contribution in [3.05, 3.63) is 16.7 Å². The van der Waals surface area contributed by atoms with E-state index in [0.29, 0.717) is 19.7 Å². The highest BCUT2D eigenvalue weighted by Gasteiger charge is 2.11. The smallest absolute Gasteiger partial charge is 0.329 e. The molecule has 2 aromatic heterocycles. The predicted octanol–water partition coefficient (Wildman–Crippen LogP) is 1.47. The Morgan fingerprint density at radius 1 is 1.25 bits per heavy atom. The predicted molar refractivity (Wildman–Crippen MR) is 95.7 cm³/mol. The zero-order valence-corrected chi connectivity index (χ0v) is 15.2. The summed E-state index contributed by atoms with van der Waals surface area (Å²) in [5.74, 6) is 0.0982. The zero-order chi connectivity index (χ0) is 17.6. The Bertz CT molecular complexity index is 769. The lowest BCUT2D eigenvalue weighted by Gasteiger charge is -2.05. The molecule has 1 unspecified atom stereocenters. The van der Waals surface area contributed by atoms with Crippen LogP contribution in [0.1, 0.15) is 32.1 Å². The van der Waals surface area contributed by atoms with Crippen molar-refractivity contribution in [2.75, 3.05) is 17.8 Å². The third-order valence-electron chi connectivity index (χ3n) is 3.56. The van der Waals surface area contributed by atoms with Gasteiger partial charge in [0.15, 0.2) is 11.2 Å². The Hall–Kier alpha value is -1.27. The quantitative estimate of drug-likeness (QED) is 0.363. The number of aromatic amines is 1. The summed E-state index contributed by atoms with van der Waals surface area (Å²) in [7, 11) is -3.49. The van der Waals surface area contributed by atoms with Gasteiger partial charge in [-0.15, -0.1) is 8.58 Å². The van der Waals surface area contributed by atoms with Gasteiger partial charge in [-0.05, 0) is 19.0 Å². The Balaban J connectivity index is 1.65. The number of nitrogens with two attached hydrogens (primary N) is 1. The van der Waals surface area contributed by atoms with Crippen molar-refractivity contribution in [3.8, 4) is 0 Å². The second kappa shape index (κ2) is 8.72. The number of unbranched alkanes of at least 4 members (excludes halogenated alkanes) is 4. The number of hydrogen-bond donors (Lipinski definition) is 4. The number of rotatable bonds is 10. The molecule has 2 heterocycles. The molecule has 1 atom stereocenters. The Morgan fingerprint density at radius 3 is 2.71 bits per heavy atom. The molecule has 0 radical (unpaired) electrons. The van der Waals surface area contributed by atoms with E-state index in [-0.39, 0.29) is 17.4 Å². The summed E-state index contributed by atoms with van der Waals surface area (Å²) in [5, 5.41) is 0. The van der Waals surface area contributed by atoms with Gasteiger partial charge in [0.25, 0.3) is 5.56 Å². The van der Waals surface area contributed by atoms with E-state index >= 15 is 0 Å². The highest BCUT2D eigenvalue weighted by Crippen LogP contribution is 2.41. The topological polar surface area (TPSA) is 147 Å². The summed E-state index contributed by atoms with van der Waals surface area (Å²) in [5.41, 5.74) is 6.04. The second-order valence-electron chi connectivity index (χ2n) is 5.65. The van der Waals surface area contributed by atoms with Crippen molar-refractivity contribution < 1.29 is 14.4 Å². The maximum atomic E-state index is 11.7. The monoisotopic (exact) mass is 375 g/mol. The van der Waals surface area contributed by atoms with Gasteiger partial charge in [-0.25, -0.2) is 4.98 Å². The number of anilines is 1. The first-order valence-corrected chi connectivity index (χ1v) is 11.0. The summed E-state index contributed by atoms with van der Waals surface area (Å²) < 4.78 is 12.5. The Kier molecular flexibility index (Phi) is 6.92. The van der Waals surface area contributed by atoms with Crippen LogP contribution in [0, 0.1) is 0 Å². The van der Waals surface area contributed by atoms with E-state index in [1.54, 1.807) is 6.33 Å². The molecule has 24 heavy (non-hydrogen) atoms. The van der Waals surface area contributed by atoms with Gasteiger partial charge in [0.2, 0.25) is 5.95 Å². The van der Waals surface area contributed by atoms with Crippen molar-refractivity contribution in [3.63, 3.8) is 0 Å². The minimum Gasteiger partial charge on any atom is -0.369 e. The second-order valence-corrected chi connectivity index (χ2v) is 9.25. The number of nitrogen functional groups attached to an aromatic ring is 1. The summed E-state index contributed by atoms with van der Waals surface area (Å²) in [4.78, 5) is 39.8. The minimum absolute atomic E-state index is 0.00989. The molecule has 9 nitrogen and oxygen atoms in total. The molecule has 0 aliphatic rings. The normalized spacial score (nSPS) is 12.6. The maximum Gasteiger partial charge on any atom is 0.329 e. The highest BCUT2D eigenvalue weighted by molar-refractivity contribution is 7.64. The van der Waals surface area contributed by atoms with Gasteiger partial charge in [-0.2, -0.15) is 4.98 Å². The molecule has 0 saturated carbocycles. The van der Waals surface area contributed by atoms with Gasteiger partial charge in [-0.3, -0.25) is 14.3 Å². The molecule has 0 aliphatic heterocycles. The van der Waals surface area contributed by atoms with Crippen LogP contribution < -0.4 is 11.3 Å². The van der Waals surface area contributed by atoms with Crippen LogP contribution in [-0.2, 0) is 11.1 Å². The molecular formula is C13H23N5O4P2. The third kappa shape index (κ3) is 5.98. The fourth-order valence-electron chi connectivity index (χ4n) is 2.42. The fourth-order valence-corrected chi connectivity index (χ4v) is 4.72. The largest absolute Gasteiger partial charge is 0.369 e. The van der Waals surface area contributed by atoms with E-state index in [0.717, 1.165) is 44.8 Å². The number of fused-ring (bicyclic) bond motifs is 1. The number of H-pyrrole nitrogens is 1. The summed E-state index contributed by atoms with van der Waals surface area (Å²) in [6.45, 7) is 0.729. The molecule has 0 aliphatic carbocycles. The number of nitrogens with zero attached hydrogens (tertiary/aromatic N) is 3.